The van der Waals surface area contributed by atoms with Gasteiger partial charge >= 0.3 is 0 Å². The molecule has 1 aliphatic rings. The summed E-state index contributed by atoms with van der Waals surface area (Å²) in [7, 11) is 3.42. The van der Waals surface area contributed by atoms with Crippen LogP contribution in [-0.2, 0) is 16.1 Å². The van der Waals surface area contributed by atoms with Crippen molar-refractivity contribution in [3.63, 3.8) is 0 Å². The van der Waals surface area contributed by atoms with Crippen molar-refractivity contribution in [2.75, 3.05) is 20.6 Å². The van der Waals surface area contributed by atoms with Crippen LogP contribution in [0.5, 0.6) is 0 Å². The molecule has 1 aliphatic heterocycles. The van der Waals surface area contributed by atoms with Crippen LogP contribution in [0.2, 0.25) is 0 Å². The fraction of sp³-hybridized carbons (Fsp3) is 0.500. The molecule has 6 nitrogen and oxygen atoms in total. The van der Waals surface area contributed by atoms with Gasteiger partial charge in [-0.15, -0.1) is 12.4 Å². The lowest BCUT2D eigenvalue weighted by Gasteiger charge is -2.14. The fourth-order valence-corrected chi connectivity index (χ4v) is 2.45. The molecule has 3 N–H and O–H groups in total. The summed E-state index contributed by atoms with van der Waals surface area (Å²) in [5.41, 5.74) is 7.03. The van der Waals surface area contributed by atoms with Crippen molar-refractivity contribution >= 4 is 24.2 Å². The molecule has 128 valence electrons. The van der Waals surface area contributed by atoms with Gasteiger partial charge in [-0.05, 0) is 30.5 Å². The molecule has 0 bridgehead atoms. The van der Waals surface area contributed by atoms with E-state index in [9.17, 15) is 9.59 Å². The van der Waals surface area contributed by atoms with Gasteiger partial charge in [0.2, 0.25) is 5.91 Å². The van der Waals surface area contributed by atoms with Crippen LogP contribution >= 0.6 is 12.4 Å². The summed E-state index contributed by atoms with van der Waals surface area (Å²) in [6.07, 6.45) is 1.09. The Morgan fingerprint density at radius 2 is 2.09 bits per heavy atom. The molecule has 2 atom stereocenters. The van der Waals surface area contributed by atoms with Crippen molar-refractivity contribution in [3.05, 3.63) is 35.4 Å². The van der Waals surface area contributed by atoms with Gasteiger partial charge in [0.15, 0.2) is 0 Å². The Balaban J connectivity index is 0.00000264. The molecular weight excluding hydrogens is 318 g/mol. The van der Waals surface area contributed by atoms with E-state index in [-0.39, 0.29) is 30.3 Å². The lowest BCUT2D eigenvalue weighted by Crippen LogP contribution is -2.35. The minimum atomic E-state index is -0.417. The SMILES string of the molecule is CN(C)C(=O)c1cccc(CNC(=O)[C@@H]2CC[C@H](CN)O2)c1.Cl. The topological polar surface area (TPSA) is 84.7 Å². The number of nitrogens with two attached hydrogens (primary N) is 1. The predicted molar refractivity (Wildman–Crippen MR) is 90.5 cm³/mol. The Hall–Kier alpha value is -1.63. The van der Waals surface area contributed by atoms with Gasteiger partial charge < -0.3 is 20.7 Å². The average molecular weight is 342 g/mol. The molecule has 7 heteroatoms. The molecule has 1 heterocycles. The van der Waals surface area contributed by atoms with Crippen molar-refractivity contribution < 1.29 is 14.3 Å². The van der Waals surface area contributed by atoms with E-state index in [0.717, 1.165) is 12.0 Å². The lowest BCUT2D eigenvalue weighted by molar-refractivity contribution is -0.132. The van der Waals surface area contributed by atoms with Crippen molar-refractivity contribution in [2.45, 2.75) is 31.6 Å². The minimum absolute atomic E-state index is 0. The van der Waals surface area contributed by atoms with Gasteiger partial charge in [-0.1, -0.05) is 12.1 Å². The van der Waals surface area contributed by atoms with Crippen LogP contribution < -0.4 is 11.1 Å². The zero-order valence-corrected chi connectivity index (χ0v) is 14.3. The summed E-state index contributed by atoms with van der Waals surface area (Å²) in [5, 5.41) is 2.85. The highest BCUT2D eigenvalue weighted by molar-refractivity contribution is 5.94. The first-order valence-electron chi connectivity index (χ1n) is 7.45. The number of halogens is 1. The van der Waals surface area contributed by atoms with Crippen molar-refractivity contribution in [1.29, 1.82) is 0 Å². The van der Waals surface area contributed by atoms with Crippen LogP contribution in [0.25, 0.3) is 0 Å². The van der Waals surface area contributed by atoms with Gasteiger partial charge in [0, 0.05) is 32.7 Å². The molecule has 0 aliphatic carbocycles. The number of nitrogens with one attached hydrogen (secondary N) is 1. The van der Waals surface area contributed by atoms with E-state index < -0.39 is 6.10 Å². The molecule has 0 saturated carbocycles. The number of amides is 2. The Kier molecular flexibility index (Phi) is 7.48. The maximum absolute atomic E-state index is 12.1. The fourth-order valence-electron chi connectivity index (χ4n) is 2.45. The molecule has 2 rings (SSSR count). The molecule has 1 saturated heterocycles. The number of rotatable bonds is 5. The second-order valence-corrected chi connectivity index (χ2v) is 5.68. The van der Waals surface area contributed by atoms with Crippen LogP contribution in [0, 0.1) is 0 Å². The van der Waals surface area contributed by atoms with Gasteiger partial charge in [0.05, 0.1) is 6.10 Å². The number of carbonyl (C=O) groups excluding carboxylic acids is 2. The molecule has 2 amide bonds. The molecule has 0 unspecified atom stereocenters. The van der Waals surface area contributed by atoms with Gasteiger partial charge in [-0.3, -0.25) is 9.59 Å². The average Bonchev–Trinajstić information content (AvgIpc) is 3.01. The van der Waals surface area contributed by atoms with Gasteiger partial charge in [-0.25, -0.2) is 0 Å². The molecule has 1 fully saturated rings. The Labute approximate surface area is 142 Å². The second kappa shape index (κ2) is 8.86. The molecule has 23 heavy (non-hydrogen) atoms. The smallest absolute Gasteiger partial charge is 0.253 e. The Bertz CT molecular complexity index is 551. The van der Waals surface area contributed by atoms with E-state index in [1.807, 2.05) is 12.1 Å². The maximum Gasteiger partial charge on any atom is 0.253 e. The molecule has 0 radical (unpaired) electrons. The normalized spacial score (nSPS) is 19.8. The van der Waals surface area contributed by atoms with Crippen molar-refractivity contribution in [3.8, 4) is 0 Å². The van der Waals surface area contributed by atoms with Crippen LogP contribution in [0.3, 0.4) is 0 Å². The van der Waals surface area contributed by atoms with Gasteiger partial charge in [-0.2, -0.15) is 0 Å². The van der Waals surface area contributed by atoms with E-state index >= 15 is 0 Å². The third-order valence-electron chi connectivity index (χ3n) is 3.71. The van der Waals surface area contributed by atoms with Gasteiger partial charge in [0.25, 0.3) is 5.91 Å². The highest BCUT2D eigenvalue weighted by Crippen LogP contribution is 2.19. The number of hydrogen-bond donors (Lipinski definition) is 2. The van der Waals surface area contributed by atoms with E-state index in [4.69, 9.17) is 10.5 Å². The highest BCUT2D eigenvalue weighted by Gasteiger charge is 2.29. The molecule has 1 aromatic rings. The molecule has 1 aromatic carbocycles. The third-order valence-corrected chi connectivity index (χ3v) is 3.71. The van der Waals surface area contributed by atoms with E-state index in [1.54, 1.807) is 26.2 Å². The molecule has 0 spiro atoms. The number of carbonyl (C=O) groups is 2. The van der Waals surface area contributed by atoms with E-state index in [0.29, 0.717) is 25.1 Å². The molecule has 0 aromatic heterocycles. The third kappa shape index (κ3) is 5.20. The first-order valence-corrected chi connectivity index (χ1v) is 7.45. The van der Waals surface area contributed by atoms with E-state index in [1.165, 1.54) is 4.90 Å². The monoisotopic (exact) mass is 341 g/mol. The van der Waals surface area contributed by atoms with Gasteiger partial charge in [0.1, 0.15) is 6.10 Å². The standard InChI is InChI=1S/C16H23N3O3.ClH/c1-19(2)16(21)12-5-3-4-11(8-12)10-18-15(20)14-7-6-13(9-17)22-14;/h3-5,8,13-14H,6-7,9-10,17H2,1-2H3,(H,18,20);1H/t13-,14+;/m1./s1. The summed E-state index contributed by atoms with van der Waals surface area (Å²) >= 11 is 0. The zero-order valence-electron chi connectivity index (χ0n) is 13.5. The van der Waals surface area contributed by atoms with E-state index in [2.05, 4.69) is 5.32 Å². The first-order chi connectivity index (χ1) is 10.5. The van der Waals surface area contributed by atoms with Crippen molar-refractivity contribution in [1.82, 2.24) is 10.2 Å². The predicted octanol–water partition coefficient (Wildman–Crippen LogP) is 0.933. The van der Waals surface area contributed by atoms with Crippen LogP contribution in [0.4, 0.5) is 0 Å². The summed E-state index contributed by atoms with van der Waals surface area (Å²) in [4.78, 5) is 25.5. The maximum atomic E-state index is 12.1. The summed E-state index contributed by atoms with van der Waals surface area (Å²) in [6, 6.07) is 7.25. The highest BCUT2D eigenvalue weighted by atomic mass is 35.5. The number of benzene rings is 1. The summed E-state index contributed by atoms with van der Waals surface area (Å²) in [5.74, 6) is -0.182. The quantitative estimate of drug-likeness (QED) is 0.834. The Morgan fingerprint density at radius 1 is 1.35 bits per heavy atom. The van der Waals surface area contributed by atoms with Crippen LogP contribution in [0.15, 0.2) is 24.3 Å². The van der Waals surface area contributed by atoms with Crippen molar-refractivity contribution in [2.24, 2.45) is 5.73 Å². The largest absolute Gasteiger partial charge is 0.364 e. The summed E-state index contributed by atoms with van der Waals surface area (Å²) in [6.45, 7) is 0.818. The Morgan fingerprint density at radius 3 is 2.70 bits per heavy atom. The molecular formula is C16H24ClN3O3. The van der Waals surface area contributed by atoms with Crippen LogP contribution in [-0.4, -0.2) is 49.6 Å². The van der Waals surface area contributed by atoms with Crippen LogP contribution in [0.1, 0.15) is 28.8 Å². The number of nitrogens with zero attached hydrogens (tertiary/aromatic N) is 1. The summed E-state index contributed by atoms with van der Waals surface area (Å²) < 4.78 is 5.56. The number of hydrogen-bond acceptors (Lipinski definition) is 4. The number of ether oxygens (including phenoxy) is 1. The lowest BCUT2D eigenvalue weighted by atomic mass is 10.1. The zero-order chi connectivity index (χ0) is 16.1. The minimum Gasteiger partial charge on any atom is -0.364 e. The second-order valence-electron chi connectivity index (χ2n) is 5.68. The first kappa shape index (κ1) is 19.4.